The van der Waals surface area contributed by atoms with Gasteiger partial charge in [0.15, 0.2) is 0 Å². The van der Waals surface area contributed by atoms with Crippen molar-refractivity contribution in [2.24, 2.45) is 0 Å². The van der Waals surface area contributed by atoms with Crippen LogP contribution >= 0.6 is 12.6 Å². The number of nitrogens with one attached hydrogen (secondary N) is 2. The minimum absolute atomic E-state index is 0.0610. The zero-order valence-electron chi connectivity index (χ0n) is 22.9. The molecule has 8 heteroatoms. The van der Waals surface area contributed by atoms with E-state index in [1.807, 2.05) is 52.8 Å². The quantitative estimate of drug-likeness (QED) is 0.287. The van der Waals surface area contributed by atoms with Gasteiger partial charge in [-0.2, -0.15) is 12.6 Å². The van der Waals surface area contributed by atoms with Crippen LogP contribution in [0.1, 0.15) is 90.5 Å². The molecule has 3 amide bonds. The largest absolute Gasteiger partial charge is 0.444 e. The summed E-state index contributed by atoms with van der Waals surface area (Å²) in [6.45, 7) is 17.7. The van der Waals surface area contributed by atoms with E-state index < -0.39 is 29.3 Å². The molecule has 198 valence electrons. The first-order chi connectivity index (χ1) is 16.2. The van der Waals surface area contributed by atoms with Gasteiger partial charge in [0.05, 0.1) is 0 Å². The number of hydrogen-bond acceptors (Lipinski definition) is 5. The first-order valence-corrected chi connectivity index (χ1v) is 13.1. The fraction of sp³-hybridized carbons (Fsp3) is 0.667. The van der Waals surface area contributed by atoms with Gasteiger partial charge < -0.3 is 20.3 Å². The number of thiol groups is 1. The number of nitrogens with zero attached hydrogens (tertiary/aromatic N) is 1. The van der Waals surface area contributed by atoms with Gasteiger partial charge in [-0.15, -0.1) is 0 Å². The molecule has 0 bridgehead atoms. The highest BCUT2D eigenvalue weighted by atomic mass is 32.1. The van der Waals surface area contributed by atoms with Crippen molar-refractivity contribution in [1.29, 1.82) is 0 Å². The standard InChI is InChI=1S/C27H45N3O4S/c1-10-12-15-28-23(31)22(20-14-13-18(3)19(4)16-20)30(27(8,9)11-2)24(32)21(17-35)29-25(33)34-26(5,6)7/h13-14,16,21-22,35H,10-12,15,17H2,1-9H3,(H,28,31)(H,29,33). The Morgan fingerprint density at radius 1 is 1.06 bits per heavy atom. The van der Waals surface area contributed by atoms with Crippen molar-refractivity contribution < 1.29 is 19.1 Å². The molecule has 0 saturated heterocycles. The van der Waals surface area contributed by atoms with Crippen LogP contribution in [0.5, 0.6) is 0 Å². The highest BCUT2D eigenvalue weighted by Gasteiger charge is 2.42. The van der Waals surface area contributed by atoms with E-state index in [9.17, 15) is 14.4 Å². The summed E-state index contributed by atoms with van der Waals surface area (Å²) in [6, 6.07) is 4.00. The monoisotopic (exact) mass is 507 g/mol. The van der Waals surface area contributed by atoms with E-state index in [0.717, 1.165) is 29.5 Å². The highest BCUT2D eigenvalue weighted by Crippen LogP contribution is 2.33. The third-order valence-corrected chi connectivity index (χ3v) is 6.47. The van der Waals surface area contributed by atoms with Crippen LogP contribution in [-0.4, -0.2) is 52.3 Å². The Morgan fingerprint density at radius 2 is 1.69 bits per heavy atom. The third-order valence-electron chi connectivity index (χ3n) is 6.11. The van der Waals surface area contributed by atoms with Crippen LogP contribution in [-0.2, 0) is 14.3 Å². The number of benzene rings is 1. The second-order valence-electron chi connectivity index (χ2n) is 10.6. The first-order valence-electron chi connectivity index (χ1n) is 12.5. The third kappa shape index (κ3) is 9.06. The fourth-order valence-corrected chi connectivity index (χ4v) is 3.83. The van der Waals surface area contributed by atoms with E-state index in [4.69, 9.17) is 4.74 Å². The molecule has 35 heavy (non-hydrogen) atoms. The van der Waals surface area contributed by atoms with Crippen LogP contribution in [0, 0.1) is 13.8 Å². The van der Waals surface area contributed by atoms with Crippen molar-refractivity contribution in [3.05, 3.63) is 34.9 Å². The van der Waals surface area contributed by atoms with Gasteiger partial charge in [0.1, 0.15) is 17.7 Å². The van der Waals surface area contributed by atoms with Crippen LogP contribution in [0.4, 0.5) is 4.79 Å². The molecule has 0 radical (unpaired) electrons. The lowest BCUT2D eigenvalue weighted by molar-refractivity contribution is -0.148. The maximum atomic E-state index is 14.0. The van der Waals surface area contributed by atoms with Gasteiger partial charge >= 0.3 is 6.09 Å². The van der Waals surface area contributed by atoms with Crippen LogP contribution in [0.15, 0.2) is 18.2 Å². The van der Waals surface area contributed by atoms with Crippen LogP contribution in [0.25, 0.3) is 0 Å². The van der Waals surface area contributed by atoms with Gasteiger partial charge in [0, 0.05) is 17.8 Å². The maximum absolute atomic E-state index is 14.0. The lowest BCUT2D eigenvalue weighted by Gasteiger charge is -2.44. The number of amides is 3. The molecule has 0 aliphatic carbocycles. The molecule has 1 rings (SSSR count). The normalized spacial score (nSPS) is 13.5. The second-order valence-corrected chi connectivity index (χ2v) is 11.0. The van der Waals surface area contributed by atoms with Gasteiger partial charge in [0.2, 0.25) is 11.8 Å². The van der Waals surface area contributed by atoms with Crippen molar-refractivity contribution in [2.45, 2.75) is 105 Å². The van der Waals surface area contributed by atoms with E-state index >= 15 is 0 Å². The summed E-state index contributed by atoms with van der Waals surface area (Å²) in [6.07, 6.45) is 1.69. The van der Waals surface area contributed by atoms with Gasteiger partial charge in [-0.3, -0.25) is 9.59 Å². The second kappa shape index (κ2) is 13.2. The molecule has 2 N–H and O–H groups in total. The summed E-state index contributed by atoms with van der Waals surface area (Å²) in [5.74, 6) is -0.566. The Morgan fingerprint density at radius 3 is 2.17 bits per heavy atom. The summed E-state index contributed by atoms with van der Waals surface area (Å²) in [7, 11) is 0. The molecule has 1 aromatic rings. The van der Waals surface area contributed by atoms with E-state index in [1.54, 1.807) is 25.7 Å². The molecule has 2 unspecified atom stereocenters. The number of aryl methyl sites for hydroxylation is 2. The minimum Gasteiger partial charge on any atom is -0.444 e. The number of carbonyl (C=O) groups excluding carboxylic acids is 3. The summed E-state index contributed by atoms with van der Waals surface area (Å²) >= 11 is 4.35. The van der Waals surface area contributed by atoms with Gasteiger partial charge in [-0.05, 0) is 78.0 Å². The summed E-state index contributed by atoms with van der Waals surface area (Å²) in [5, 5.41) is 5.67. The number of rotatable bonds is 11. The Bertz CT molecular complexity index is 880. The molecule has 7 nitrogen and oxygen atoms in total. The Balaban J connectivity index is 3.54. The van der Waals surface area contributed by atoms with Crippen molar-refractivity contribution in [2.75, 3.05) is 12.3 Å². The van der Waals surface area contributed by atoms with Crippen molar-refractivity contribution >= 4 is 30.5 Å². The zero-order chi connectivity index (χ0) is 27.0. The number of hydrogen-bond donors (Lipinski definition) is 3. The Labute approximate surface area is 217 Å². The molecule has 0 saturated carbocycles. The van der Waals surface area contributed by atoms with Gasteiger partial charge in [-0.25, -0.2) is 4.79 Å². The van der Waals surface area contributed by atoms with Crippen molar-refractivity contribution in [3.63, 3.8) is 0 Å². The SMILES string of the molecule is CCCCNC(=O)C(c1ccc(C)c(C)c1)N(C(=O)C(CS)NC(=O)OC(C)(C)C)C(C)(C)CC. The van der Waals surface area contributed by atoms with Gasteiger partial charge in [-0.1, -0.05) is 38.5 Å². The summed E-state index contributed by atoms with van der Waals surface area (Å²) in [5.41, 5.74) is 1.48. The summed E-state index contributed by atoms with van der Waals surface area (Å²) in [4.78, 5) is 41.7. The molecule has 0 aromatic heterocycles. The molecular weight excluding hydrogens is 462 g/mol. The van der Waals surface area contributed by atoms with E-state index in [1.165, 1.54) is 0 Å². The smallest absolute Gasteiger partial charge is 0.408 e. The average molecular weight is 508 g/mol. The lowest BCUT2D eigenvalue weighted by Crippen LogP contribution is -2.60. The number of carbonyl (C=O) groups is 3. The summed E-state index contributed by atoms with van der Waals surface area (Å²) < 4.78 is 5.36. The molecule has 0 fully saturated rings. The highest BCUT2D eigenvalue weighted by molar-refractivity contribution is 7.80. The van der Waals surface area contributed by atoms with Crippen molar-refractivity contribution in [3.8, 4) is 0 Å². The molecule has 0 heterocycles. The predicted octanol–water partition coefficient (Wildman–Crippen LogP) is 5.10. The van der Waals surface area contributed by atoms with Crippen LogP contribution in [0.3, 0.4) is 0 Å². The van der Waals surface area contributed by atoms with Crippen molar-refractivity contribution in [1.82, 2.24) is 15.5 Å². The molecule has 2 atom stereocenters. The first kappa shape index (κ1) is 30.8. The number of unbranched alkanes of at least 4 members (excludes halogenated alkanes) is 1. The van der Waals surface area contributed by atoms with E-state index in [2.05, 4.69) is 30.2 Å². The number of alkyl carbamates (subject to hydrolysis) is 1. The predicted molar refractivity (Wildman–Crippen MR) is 145 cm³/mol. The lowest BCUT2D eigenvalue weighted by atomic mass is 9.91. The minimum atomic E-state index is -0.962. The molecule has 1 aromatic carbocycles. The molecule has 0 aliphatic heterocycles. The Hall–Kier alpha value is -2.22. The maximum Gasteiger partial charge on any atom is 0.408 e. The molecular formula is C27H45N3O4S. The van der Waals surface area contributed by atoms with Gasteiger partial charge in [0.25, 0.3) is 0 Å². The van der Waals surface area contributed by atoms with E-state index in [0.29, 0.717) is 13.0 Å². The van der Waals surface area contributed by atoms with Crippen LogP contribution in [0.2, 0.25) is 0 Å². The fourth-order valence-electron chi connectivity index (χ4n) is 3.59. The van der Waals surface area contributed by atoms with Crippen LogP contribution < -0.4 is 10.6 Å². The van der Waals surface area contributed by atoms with E-state index in [-0.39, 0.29) is 17.6 Å². The Kier molecular flexibility index (Phi) is 11.6. The molecule has 0 spiro atoms. The molecule has 0 aliphatic rings. The average Bonchev–Trinajstić information content (AvgIpc) is 2.76. The number of ether oxygens (including phenoxy) is 1. The zero-order valence-corrected chi connectivity index (χ0v) is 23.8. The topological polar surface area (TPSA) is 87.7 Å².